The minimum Gasteiger partial charge on any atom is -0.481 e. The third-order valence-electron chi connectivity index (χ3n) is 3.04. The van der Waals surface area contributed by atoms with Crippen LogP contribution in [0.1, 0.15) is 33.2 Å². The predicted octanol–water partition coefficient (Wildman–Crippen LogP) is 3.98. The van der Waals surface area contributed by atoms with Crippen molar-refractivity contribution in [1.29, 1.82) is 0 Å². The quantitative estimate of drug-likeness (QED) is 0.777. The molecule has 1 atom stereocenters. The van der Waals surface area contributed by atoms with Crippen molar-refractivity contribution in [3.8, 4) is 0 Å². The molecule has 0 spiro atoms. The zero-order valence-electron chi connectivity index (χ0n) is 12.2. The molecule has 5 nitrogen and oxygen atoms in total. The van der Waals surface area contributed by atoms with Crippen molar-refractivity contribution in [3.63, 3.8) is 0 Å². The van der Waals surface area contributed by atoms with Crippen LogP contribution < -0.4 is 0 Å². The molecule has 1 unspecified atom stereocenters. The van der Waals surface area contributed by atoms with Gasteiger partial charge in [0.05, 0.1) is 5.75 Å². The maximum Gasteiger partial charge on any atom is 0.313 e. The Hall–Kier alpha value is -1.08. The van der Waals surface area contributed by atoms with Gasteiger partial charge in [-0.25, -0.2) is 9.97 Å². The summed E-state index contributed by atoms with van der Waals surface area (Å²) >= 11 is 4.63. The highest BCUT2D eigenvalue weighted by molar-refractivity contribution is 9.10. The SMILES string of the molecule is CC(C)CC(C)n1c(SCC(=O)O)nc2cc(Br)cnc21. The Bertz CT molecular complexity index is 657. The van der Waals surface area contributed by atoms with E-state index in [1.165, 1.54) is 11.8 Å². The molecule has 2 aromatic heterocycles. The molecule has 0 fully saturated rings. The summed E-state index contributed by atoms with van der Waals surface area (Å²) < 4.78 is 2.92. The van der Waals surface area contributed by atoms with Gasteiger partial charge in [0.2, 0.25) is 0 Å². The van der Waals surface area contributed by atoms with E-state index >= 15 is 0 Å². The van der Waals surface area contributed by atoms with Crippen molar-refractivity contribution >= 4 is 44.8 Å². The fourth-order valence-corrected chi connectivity index (χ4v) is 3.49. The molecule has 0 aliphatic carbocycles. The summed E-state index contributed by atoms with van der Waals surface area (Å²) in [5.74, 6) is -0.298. The van der Waals surface area contributed by atoms with Crippen LogP contribution in [0.2, 0.25) is 0 Å². The van der Waals surface area contributed by atoms with Crippen LogP contribution in [0, 0.1) is 5.92 Å². The number of hydrogen-bond acceptors (Lipinski definition) is 4. The smallest absolute Gasteiger partial charge is 0.313 e. The number of fused-ring (bicyclic) bond motifs is 1. The van der Waals surface area contributed by atoms with Crippen LogP contribution in [0.25, 0.3) is 11.2 Å². The first kappa shape index (κ1) is 16.3. The zero-order valence-corrected chi connectivity index (χ0v) is 14.6. The molecule has 0 amide bonds. The molecule has 0 saturated heterocycles. The molecule has 0 bridgehead atoms. The molecule has 114 valence electrons. The number of nitrogens with zero attached hydrogens (tertiary/aromatic N) is 3. The van der Waals surface area contributed by atoms with E-state index in [0.29, 0.717) is 11.1 Å². The second-order valence-electron chi connectivity index (χ2n) is 5.42. The van der Waals surface area contributed by atoms with E-state index in [2.05, 4.69) is 51.2 Å². The summed E-state index contributed by atoms with van der Waals surface area (Å²) in [6.07, 6.45) is 2.73. The van der Waals surface area contributed by atoms with Gasteiger partial charge >= 0.3 is 5.97 Å². The Morgan fingerprint density at radius 1 is 1.48 bits per heavy atom. The normalized spacial score (nSPS) is 13.0. The standard InChI is InChI=1S/C14H18BrN3O2S/c1-8(2)4-9(3)18-13-11(5-10(15)6-16-13)17-14(18)21-7-12(19)20/h5-6,8-9H,4,7H2,1-3H3,(H,19,20). The van der Waals surface area contributed by atoms with Crippen LogP contribution in [0.15, 0.2) is 21.9 Å². The van der Waals surface area contributed by atoms with Crippen LogP contribution in [-0.4, -0.2) is 31.4 Å². The lowest BCUT2D eigenvalue weighted by Crippen LogP contribution is -2.11. The fraction of sp³-hybridized carbons (Fsp3) is 0.500. The molecular formula is C14H18BrN3O2S. The van der Waals surface area contributed by atoms with Crippen molar-refractivity contribution in [2.75, 3.05) is 5.75 Å². The molecule has 0 saturated carbocycles. The number of rotatable bonds is 6. The molecule has 0 aliphatic heterocycles. The summed E-state index contributed by atoms with van der Waals surface area (Å²) in [4.78, 5) is 19.8. The number of pyridine rings is 1. The van der Waals surface area contributed by atoms with E-state index in [-0.39, 0.29) is 11.8 Å². The number of carboxylic acid groups (broad SMARTS) is 1. The minimum atomic E-state index is -0.843. The number of hydrogen-bond donors (Lipinski definition) is 1. The second-order valence-corrected chi connectivity index (χ2v) is 7.28. The van der Waals surface area contributed by atoms with Crippen molar-refractivity contribution in [1.82, 2.24) is 14.5 Å². The molecule has 2 rings (SSSR count). The maximum atomic E-state index is 10.8. The highest BCUT2D eigenvalue weighted by Gasteiger charge is 2.19. The Morgan fingerprint density at radius 3 is 2.81 bits per heavy atom. The lowest BCUT2D eigenvalue weighted by Gasteiger charge is -2.18. The van der Waals surface area contributed by atoms with Gasteiger partial charge in [0.1, 0.15) is 5.52 Å². The topological polar surface area (TPSA) is 68.0 Å². The summed E-state index contributed by atoms with van der Waals surface area (Å²) in [5.41, 5.74) is 1.59. The summed E-state index contributed by atoms with van der Waals surface area (Å²) in [6.45, 7) is 6.46. The first-order valence-electron chi connectivity index (χ1n) is 6.76. The second kappa shape index (κ2) is 6.79. The Labute approximate surface area is 136 Å². The first-order chi connectivity index (χ1) is 9.88. The predicted molar refractivity (Wildman–Crippen MR) is 87.8 cm³/mol. The van der Waals surface area contributed by atoms with Gasteiger partial charge in [-0.05, 0) is 41.3 Å². The highest BCUT2D eigenvalue weighted by Crippen LogP contribution is 2.30. The number of aliphatic carboxylic acids is 1. The fourth-order valence-electron chi connectivity index (χ4n) is 2.35. The van der Waals surface area contributed by atoms with Gasteiger partial charge in [0.15, 0.2) is 10.8 Å². The van der Waals surface area contributed by atoms with E-state index in [0.717, 1.165) is 22.1 Å². The number of aromatic nitrogens is 3. The van der Waals surface area contributed by atoms with E-state index in [1.54, 1.807) is 6.20 Å². The van der Waals surface area contributed by atoms with Crippen LogP contribution in [0.4, 0.5) is 0 Å². The van der Waals surface area contributed by atoms with Crippen molar-refractivity contribution in [2.45, 2.75) is 38.4 Å². The lowest BCUT2D eigenvalue weighted by atomic mass is 10.1. The average molecular weight is 372 g/mol. The molecule has 2 aromatic rings. The molecule has 2 heterocycles. The van der Waals surface area contributed by atoms with Gasteiger partial charge < -0.3 is 9.67 Å². The van der Waals surface area contributed by atoms with Gasteiger partial charge in [-0.3, -0.25) is 4.79 Å². The molecule has 0 aliphatic rings. The van der Waals surface area contributed by atoms with E-state index < -0.39 is 5.97 Å². The Balaban J connectivity index is 2.46. The van der Waals surface area contributed by atoms with Crippen LogP contribution in [0.3, 0.4) is 0 Å². The molecule has 7 heteroatoms. The number of thioether (sulfide) groups is 1. The van der Waals surface area contributed by atoms with Gasteiger partial charge in [0, 0.05) is 16.7 Å². The molecule has 0 aromatic carbocycles. The molecule has 0 radical (unpaired) electrons. The number of halogens is 1. The number of carboxylic acids is 1. The maximum absolute atomic E-state index is 10.8. The zero-order chi connectivity index (χ0) is 15.6. The van der Waals surface area contributed by atoms with E-state index in [9.17, 15) is 4.79 Å². The summed E-state index contributed by atoms with van der Waals surface area (Å²) in [7, 11) is 0. The summed E-state index contributed by atoms with van der Waals surface area (Å²) in [6, 6.07) is 2.13. The van der Waals surface area contributed by atoms with Gasteiger partial charge in [-0.2, -0.15) is 0 Å². The van der Waals surface area contributed by atoms with Crippen LogP contribution in [-0.2, 0) is 4.79 Å². The van der Waals surface area contributed by atoms with E-state index in [4.69, 9.17) is 5.11 Å². The molecule has 21 heavy (non-hydrogen) atoms. The van der Waals surface area contributed by atoms with E-state index in [1.807, 2.05) is 6.07 Å². The van der Waals surface area contributed by atoms with Gasteiger partial charge in [-0.15, -0.1) is 0 Å². The van der Waals surface area contributed by atoms with Gasteiger partial charge in [0.25, 0.3) is 0 Å². The monoisotopic (exact) mass is 371 g/mol. The average Bonchev–Trinajstić information content (AvgIpc) is 2.72. The number of imidazole rings is 1. The van der Waals surface area contributed by atoms with Crippen molar-refractivity contribution in [2.24, 2.45) is 5.92 Å². The van der Waals surface area contributed by atoms with Gasteiger partial charge in [-0.1, -0.05) is 25.6 Å². The van der Waals surface area contributed by atoms with Crippen LogP contribution >= 0.6 is 27.7 Å². The van der Waals surface area contributed by atoms with Crippen molar-refractivity contribution in [3.05, 3.63) is 16.7 Å². The highest BCUT2D eigenvalue weighted by atomic mass is 79.9. The third-order valence-corrected chi connectivity index (χ3v) is 4.41. The summed E-state index contributed by atoms with van der Waals surface area (Å²) in [5, 5.41) is 9.60. The lowest BCUT2D eigenvalue weighted by molar-refractivity contribution is -0.133. The molecule has 1 N–H and O–H groups in total. The molecular weight excluding hydrogens is 354 g/mol. The van der Waals surface area contributed by atoms with Crippen molar-refractivity contribution < 1.29 is 9.90 Å². The first-order valence-corrected chi connectivity index (χ1v) is 8.54. The largest absolute Gasteiger partial charge is 0.481 e. The third kappa shape index (κ3) is 3.97. The van der Waals surface area contributed by atoms with Crippen LogP contribution in [0.5, 0.6) is 0 Å². The Morgan fingerprint density at radius 2 is 2.19 bits per heavy atom. The number of carbonyl (C=O) groups is 1. The minimum absolute atomic E-state index is 0.00110. The Kier molecular flexibility index (Phi) is 5.27.